The van der Waals surface area contributed by atoms with Crippen LogP contribution in [-0.4, -0.2) is 9.67 Å². The Labute approximate surface area is 178 Å². The van der Waals surface area contributed by atoms with Crippen LogP contribution < -0.4 is 10.1 Å². The van der Waals surface area contributed by atoms with E-state index in [1.807, 2.05) is 75.8 Å². The van der Waals surface area contributed by atoms with E-state index in [2.05, 4.69) is 40.9 Å². The third-order valence-electron chi connectivity index (χ3n) is 4.19. The molecule has 0 spiro atoms. The normalized spacial score (nSPS) is 9.79. The number of aromatic nitrogens is 2. The van der Waals surface area contributed by atoms with Crippen LogP contribution in [0.4, 0.5) is 0 Å². The van der Waals surface area contributed by atoms with Gasteiger partial charge >= 0.3 is 5.88 Å². The molecule has 0 saturated carbocycles. The fourth-order valence-electron chi connectivity index (χ4n) is 2.63. The summed E-state index contributed by atoms with van der Waals surface area (Å²) in [6.07, 6.45) is 4.56. The summed E-state index contributed by atoms with van der Waals surface area (Å²) in [5.74, 6) is 0.763. The smallest absolute Gasteiger partial charge is 0.369 e. The lowest BCUT2D eigenvalue weighted by atomic mass is 10.0. The number of hydrogen-bond donors (Lipinski definition) is 1. The van der Waals surface area contributed by atoms with Crippen LogP contribution in [0, 0.1) is 0 Å². The van der Waals surface area contributed by atoms with Gasteiger partial charge < -0.3 is 9.67 Å². The number of pyridine rings is 2. The van der Waals surface area contributed by atoms with Gasteiger partial charge in [-0.15, -0.1) is 13.2 Å². The number of nitrogens with zero attached hydrogens (tertiary/aromatic N) is 2. The van der Waals surface area contributed by atoms with Crippen molar-refractivity contribution in [1.82, 2.24) is 4.57 Å². The molecule has 0 aromatic carbocycles. The Morgan fingerprint density at radius 1 is 1.03 bits per heavy atom. The summed E-state index contributed by atoms with van der Waals surface area (Å²) in [5, 5.41) is 9.89. The molecule has 0 aliphatic heterocycles. The maximum absolute atomic E-state index is 11.6. The Morgan fingerprint density at radius 2 is 1.59 bits per heavy atom. The molecule has 0 bridgehead atoms. The molecule has 0 aliphatic carbocycles. The quantitative estimate of drug-likeness (QED) is 0.488. The molecule has 0 atom stereocenters. The van der Waals surface area contributed by atoms with Gasteiger partial charge in [-0.05, 0) is 52.2 Å². The summed E-state index contributed by atoms with van der Waals surface area (Å²) < 4.78 is 3.65. The fourth-order valence-corrected chi connectivity index (χ4v) is 2.63. The summed E-state index contributed by atoms with van der Waals surface area (Å²) in [6, 6.07) is 8.33. The summed E-state index contributed by atoms with van der Waals surface area (Å²) >= 11 is 0. The Morgan fingerprint density at radius 3 is 2.00 bits per heavy atom. The van der Waals surface area contributed by atoms with Crippen LogP contribution in [0.3, 0.4) is 0 Å². The minimum atomic E-state index is 0.148. The highest BCUT2D eigenvalue weighted by atomic mass is 16.3. The highest BCUT2D eigenvalue weighted by Crippen LogP contribution is 2.21. The lowest BCUT2D eigenvalue weighted by molar-refractivity contribution is -0.721. The highest BCUT2D eigenvalue weighted by molar-refractivity contribution is 5.22. The van der Waals surface area contributed by atoms with Crippen LogP contribution in [0.25, 0.3) is 0 Å². The maximum Gasteiger partial charge on any atom is 0.369 e. The zero-order valence-corrected chi connectivity index (χ0v) is 20.1. The van der Waals surface area contributed by atoms with Crippen LogP contribution in [-0.2, 0) is 6.42 Å². The van der Waals surface area contributed by atoms with Crippen molar-refractivity contribution in [1.29, 1.82) is 0 Å². The Bertz CT molecular complexity index is 720. The molecule has 2 heterocycles. The van der Waals surface area contributed by atoms with E-state index in [4.69, 9.17) is 0 Å². The van der Waals surface area contributed by atoms with E-state index in [0.717, 1.165) is 17.5 Å². The number of rotatable bonds is 4. The second kappa shape index (κ2) is 15.5. The lowest BCUT2D eigenvalue weighted by Gasteiger charge is -2.09. The molecule has 0 fully saturated rings. The minimum absolute atomic E-state index is 0.148. The van der Waals surface area contributed by atoms with E-state index in [0.29, 0.717) is 17.8 Å². The topological polar surface area (TPSA) is 46.1 Å². The van der Waals surface area contributed by atoms with E-state index in [-0.39, 0.29) is 11.6 Å². The third-order valence-corrected chi connectivity index (χ3v) is 4.19. The van der Waals surface area contributed by atoms with Crippen molar-refractivity contribution in [2.45, 2.75) is 86.7 Å². The molecule has 2 rings (SSSR count). The number of aromatic hydroxyl groups is 1. The molecule has 0 unspecified atom stereocenters. The monoisotopic (exact) mass is 403 g/mol. The van der Waals surface area contributed by atoms with Crippen molar-refractivity contribution in [3.8, 4) is 5.88 Å². The molecular formula is C25H43N2O2+. The van der Waals surface area contributed by atoms with Gasteiger partial charge in [-0.25, -0.2) is 0 Å². The highest BCUT2D eigenvalue weighted by Gasteiger charge is 2.18. The maximum atomic E-state index is 11.6. The van der Waals surface area contributed by atoms with Crippen molar-refractivity contribution >= 4 is 0 Å². The van der Waals surface area contributed by atoms with Crippen molar-refractivity contribution in [3.05, 3.63) is 71.3 Å². The summed E-state index contributed by atoms with van der Waals surface area (Å²) in [5.41, 5.74) is 2.05. The molecule has 0 aliphatic rings. The number of hydrogen-bond acceptors (Lipinski definition) is 2. The van der Waals surface area contributed by atoms with Crippen LogP contribution >= 0.6 is 0 Å². The van der Waals surface area contributed by atoms with E-state index in [9.17, 15) is 9.90 Å². The Balaban J connectivity index is 0. The van der Waals surface area contributed by atoms with Crippen LogP contribution in [0.1, 0.15) is 91.4 Å². The van der Waals surface area contributed by atoms with Crippen molar-refractivity contribution in [3.63, 3.8) is 0 Å². The zero-order chi connectivity index (χ0) is 23.1. The second-order valence-electron chi connectivity index (χ2n) is 7.14. The summed E-state index contributed by atoms with van der Waals surface area (Å²) in [4.78, 5) is 11.6. The number of aryl methyl sites for hydroxylation is 1. The van der Waals surface area contributed by atoms with Gasteiger partial charge in [0.15, 0.2) is 12.2 Å². The molecule has 2 aromatic heterocycles. The molecule has 1 N–H and O–H groups in total. The van der Waals surface area contributed by atoms with E-state index >= 15 is 0 Å². The molecule has 4 heteroatoms. The van der Waals surface area contributed by atoms with Gasteiger partial charge in [-0.3, -0.25) is 4.79 Å². The molecule has 164 valence electrons. The molecule has 29 heavy (non-hydrogen) atoms. The Hall–Kier alpha value is -2.36. The molecular weight excluding hydrogens is 360 g/mol. The molecule has 2 aromatic rings. The summed E-state index contributed by atoms with van der Waals surface area (Å²) in [6.45, 7) is 24.3. The van der Waals surface area contributed by atoms with Gasteiger partial charge in [0.05, 0.1) is 5.56 Å². The fraction of sp³-hybridized carbons (Fsp3) is 0.520. The first-order chi connectivity index (χ1) is 13.7. The van der Waals surface area contributed by atoms with E-state index < -0.39 is 0 Å². The van der Waals surface area contributed by atoms with Crippen molar-refractivity contribution in [2.24, 2.45) is 0 Å². The van der Waals surface area contributed by atoms with Gasteiger partial charge in [0.1, 0.15) is 0 Å². The van der Waals surface area contributed by atoms with Crippen molar-refractivity contribution < 1.29 is 9.67 Å². The lowest BCUT2D eigenvalue weighted by Crippen LogP contribution is -2.36. The van der Waals surface area contributed by atoms with Gasteiger partial charge in [-0.1, -0.05) is 40.7 Å². The predicted octanol–water partition coefficient (Wildman–Crippen LogP) is 6.20. The molecule has 0 radical (unpaired) electrons. The van der Waals surface area contributed by atoms with Gasteiger partial charge in [0, 0.05) is 23.9 Å². The average Bonchev–Trinajstić information content (AvgIpc) is 2.71. The van der Waals surface area contributed by atoms with E-state index in [1.165, 1.54) is 0 Å². The molecule has 4 nitrogen and oxygen atoms in total. The Kier molecular flexibility index (Phi) is 15.5. The van der Waals surface area contributed by atoms with Gasteiger partial charge in [-0.2, -0.15) is 4.57 Å². The summed E-state index contributed by atoms with van der Waals surface area (Å²) in [7, 11) is 0. The van der Waals surface area contributed by atoms with Gasteiger partial charge in [0.25, 0.3) is 5.56 Å². The average molecular weight is 404 g/mol. The van der Waals surface area contributed by atoms with Gasteiger partial charge in [0.2, 0.25) is 0 Å². The third kappa shape index (κ3) is 9.12. The second-order valence-corrected chi connectivity index (χ2v) is 7.14. The molecule has 0 saturated heterocycles. The largest absolute Gasteiger partial charge is 0.460 e. The van der Waals surface area contributed by atoms with E-state index in [1.54, 1.807) is 4.57 Å². The van der Waals surface area contributed by atoms with Crippen LogP contribution in [0.5, 0.6) is 5.88 Å². The SMILES string of the molecule is C=C.CC.CC(C)c1ccc[n+](C(C)C)c1O.CCc1cccn(C(C)C)c1=O. The van der Waals surface area contributed by atoms with Crippen molar-refractivity contribution in [2.75, 3.05) is 0 Å². The first-order valence-electron chi connectivity index (χ1n) is 10.6. The first kappa shape index (κ1) is 28.8. The zero-order valence-electron chi connectivity index (χ0n) is 20.1. The minimum Gasteiger partial charge on any atom is -0.460 e. The van der Waals surface area contributed by atoms with Crippen LogP contribution in [0.2, 0.25) is 0 Å². The predicted molar refractivity (Wildman–Crippen MR) is 126 cm³/mol. The first-order valence-corrected chi connectivity index (χ1v) is 10.6. The molecule has 0 amide bonds. The van der Waals surface area contributed by atoms with Crippen LogP contribution in [0.15, 0.2) is 54.6 Å². The standard InChI is InChI=1S/C11H17NO.C10H15NO.C2H6.C2H4/c1-8(2)10-6-5-7-12(9(3)4)11(10)13;1-4-9-6-5-7-11(8(2)3)10(9)12;2*1-2/h5-9H,1-4H3;5-8H,4H2,1-3H3;1-2H3;1-2H2/p+1.